The quantitative estimate of drug-likeness (QED) is 0.515. The Morgan fingerprint density at radius 3 is 2.40 bits per heavy atom. The van der Waals surface area contributed by atoms with Crippen LogP contribution in [0.3, 0.4) is 0 Å². The van der Waals surface area contributed by atoms with E-state index < -0.39 is 10.0 Å². The van der Waals surface area contributed by atoms with Gasteiger partial charge in [-0.25, -0.2) is 8.42 Å². The zero-order valence-electron chi connectivity index (χ0n) is 20.5. The van der Waals surface area contributed by atoms with Crippen molar-refractivity contribution < 1.29 is 17.7 Å². The van der Waals surface area contributed by atoms with E-state index in [1.54, 1.807) is 13.0 Å². The Morgan fingerprint density at radius 2 is 1.71 bits per heavy atom. The van der Waals surface area contributed by atoms with E-state index in [4.69, 9.17) is 4.52 Å². The van der Waals surface area contributed by atoms with Crippen LogP contribution in [0.5, 0.6) is 0 Å². The summed E-state index contributed by atoms with van der Waals surface area (Å²) in [5.41, 5.74) is 5.35. The van der Waals surface area contributed by atoms with Gasteiger partial charge in [-0.3, -0.25) is 4.79 Å². The van der Waals surface area contributed by atoms with Crippen molar-refractivity contribution in [3.8, 4) is 0 Å². The molecule has 8 heteroatoms. The SMILES string of the molecule is Cc1ccc(/C=C/c2onc(C)c2S(=O)(=O)N2CCC(C(=O)Nc3cccc(C)c3C)CC2)cc1. The molecule has 1 fully saturated rings. The van der Waals surface area contributed by atoms with Gasteiger partial charge in [0.05, 0.1) is 0 Å². The fourth-order valence-electron chi connectivity index (χ4n) is 4.26. The van der Waals surface area contributed by atoms with Gasteiger partial charge < -0.3 is 9.84 Å². The molecule has 35 heavy (non-hydrogen) atoms. The summed E-state index contributed by atoms with van der Waals surface area (Å²) in [5.74, 6) is -0.109. The molecular formula is C27H31N3O4S. The number of benzene rings is 2. The topological polar surface area (TPSA) is 92.5 Å². The van der Waals surface area contributed by atoms with Gasteiger partial charge in [0.2, 0.25) is 15.9 Å². The number of anilines is 1. The second kappa shape index (κ2) is 10.2. The van der Waals surface area contributed by atoms with Gasteiger partial charge in [0.1, 0.15) is 5.69 Å². The highest BCUT2D eigenvalue weighted by molar-refractivity contribution is 7.89. The molecular weight excluding hydrogens is 462 g/mol. The first-order valence-electron chi connectivity index (χ1n) is 11.7. The number of nitrogens with one attached hydrogen (secondary N) is 1. The molecule has 0 radical (unpaired) electrons. The number of carbonyl (C=O) groups is 1. The maximum atomic E-state index is 13.5. The second-order valence-corrected chi connectivity index (χ2v) is 11.0. The number of carbonyl (C=O) groups excluding carboxylic acids is 1. The van der Waals surface area contributed by atoms with Crippen LogP contribution in [0.15, 0.2) is 51.9 Å². The monoisotopic (exact) mass is 493 g/mol. The molecule has 0 saturated carbocycles. The zero-order valence-corrected chi connectivity index (χ0v) is 21.4. The number of nitrogens with zero attached hydrogens (tertiary/aromatic N) is 2. The molecule has 184 valence electrons. The first-order valence-corrected chi connectivity index (χ1v) is 13.2. The van der Waals surface area contributed by atoms with Crippen molar-refractivity contribution in [1.82, 2.24) is 9.46 Å². The number of aryl methyl sites for hydroxylation is 3. The van der Waals surface area contributed by atoms with Gasteiger partial charge in [0.15, 0.2) is 10.7 Å². The van der Waals surface area contributed by atoms with E-state index >= 15 is 0 Å². The minimum atomic E-state index is -3.82. The van der Waals surface area contributed by atoms with Crippen LogP contribution in [0.25, 0.3) is 12.2 Å². The first-order chi connectivity index (χ1) is 16.7. The van der Waals surface area contributed by atoms with Gasteiger partial charge in [0, 0.05) is 24.7 Å². The van der Waals surface area contributed by atoms with Crippen LogP contribution >= 0.6 is 0 Å². The molecule has 0 aliphatic carbocycles. The molecule has 0 bridgehead atoms. The number of amides is 1. The fraction of sp³-hybridized carbons (Fsp3) is 0.333. The molecule has 2 aromatic carbocycles. The molecule has 3 aromatic rings. The zero-order chi connectivity index (χ0) is 25.2. The average molecular weight is 494 g/mol. The fourth-order valence-corrected chi connectivity index (χ4v) is 5.98. The summed E-state index contributed by atoms with van der Waals surface area (Å²) in [4.78, 5) is 12.9. The van der Waals surface area contributed by atoms with Crippen LogP contribution in [-0.4, -0.2) is 36.9 Å². The van der Waals surface area contributed by atoms with Gasteiger partial charge in [-0.2, -0.15) is 4.31 Å². The summed E-state index contributed by atoms with van der Waals surface area (Å²) < 4.78 is 33.8. The number of piperidine rings is 1. The smallest absolute Gasteiger partial charge is 0.248 e. The van der Waals surface area contributed by atoms with Crippen molar-refractivity contribution in [3.05, 3.63) is 76.2 Å². The van der Waals surface area contributed by atoms with Gasteiger partial charge >= 0.3 is 0 Å². The van der Waals surface area contributed by atoms with Crippen molar-refractivity contribution in [3.63, 3.8) is 0 Å². The van der Waals surface area contributed by atoms with Crippen LogP contribution in [0.2, 0.25) is 0 Å². The molecule has 1 N–H and O–H groups in total. The van der Waals surface area contributed by atoms with Gasteiger partial charge in [-0.1, -0.05) is 53.2 Å². The maximum absolute atomic E-state index is 13.5. The van der Waals surface area contributed by atoms with Crippen LogP contribution in [0.4, 0.5) is 5.69 Å². The Bertz CT molecular complexity index is 1350. The third-order valence-corrected chi connectivity index (χ3v) is 8.68. The number of hydrogen-bond acceptors (Lipinski definition) is 5. The molecule has 1 saturated heterocycles. The molecule has 1 aliphatic heterocycles. The normalized spacial score (nSPS) is 15.5. The third kappa shape index (κ3) is 5.39. The predicted octanol–water partition coefficient (Wildman–Crippen LogP) is 5.12. The summed E-state index contributed by atoms with van der Waals surface area (Å²) in [5, 5.41) is 6.93. The van der Waals surface area contributed by atoms with Crippen molar-refractivity contribution in [1.29, 1.82) is 0 Å². The Labute approximate surface area is 206 Å². The van der Waals surface area contributed by atoms with Crippen molar-refractivity contribution >= 4 is 33.8 Å². The van der Waals surface area contributed by atoms with E-state index in [0.29, 0.717) is 18.5 Å². The minimum absolute atomic E-state index is 0.0707. The van der Waals surface area contributed by atoms with E-state index in [-0.39, 0.29) is 35.6 Å². The van der Waals surface area contributed by atoms with Crippen molar-refractivity contribution in [2.24, 2.45) is 5.92 Å². The molecule has 1 amide bonds. The standard InChI is InChI=1S/C27H31N3O4S/c1-18-8-10-22(11-9-18)12-13-25-26(21(4)29-34-25)35(32,33)30-16-14-23(15-17-30)27(31)28-24-7-5-6-19(2)20(24)3/h5-13,23H,14-17H2,1-4H3,(H,28,31)/b13-12+. The lowest BCUT2D eigenvalue weighted by molar-refractivity contribution is -0.120. The molecule has 7 nitrogen and oxygen atoms in total. The molecule has 2 heterocycles. The Balaban J connectivity index is 1.45. The average Bonchev–Trinajstić information content (AvgIpc) is 3.22. The molecule has 0 spiro atoms. The molecule has 1 aromatic heterocycles. The highest BCUT2D eigenvalue weighted by atomic mass is 32.2. The van der Waals surface area contributed by atoms with Crippen molar-refractivity contribution in [2.45, 2.75) is 45.4 Å². The highest BCUT2D eigenvalue weighted by Gasteiger charge is 2.36. The Kier molecular flexibility index (Phi) is 7.23. The lowest BCUT2D eigenvalue weighted by atomic mass is 9.97. The van der Waals surface area contributed by atoms with E-state index in [1.165, 1.54) is 4.31 Å². The van der Waals surface area contributed by atoms with Crippen molar-refractivity contribution in [2.75, 3.05) is 18.4 Å². The summed E-state index contributed by atoms with van der Waals surface area (Å²) in [6.45, 7) is 8.15. The number of sulfonamides is 1. The predicted molar refractivity (Wildman–Crippen MR) is 137 cm³/mol. The van der Waals surface area contributed by atoms with Gasteiger partial charge in [-0.15, -0.1) is 0 Å². The van der Waals surface area contributed by atoms with E-state index in [9.17, 15) is 13.2 Å². The van der Waals surface area contributed by atoms with E-state index in [1.807, 2.05) is 69.3 Å². The molecule has 4 rings (SSSR count). The Hall–Kier alpha value is -3.23. The number of aromatic nitrogens is 1. The van der Waals surface area contributed by atoms with Gasteiger partial charge in [0.25, 0.3) is 0 Å². The third-order valence-electron chi connectivity index (χ3n) is 6.62. The minimum Gasteiger partial charge on any atom is -0.355 e. The lowest BCUT2D eigenvalue weighted by Gasteiger charge is -2.30. The van der Waals surface area contributed by atoms with Crippen LogP contribution in [0, 0.1) is 33.6 Å². The van der Waals surface area contributed by atoms with Crippen LogP contribution in [-0.2, 0) is 14.8 Å². The van der Waals surface area contributed by atoms with E-state index in [2.05, 4.69) is 10.5 Å². The summed E-state index contributed by atoms with van der Waals surface area (Å²) in [7, 11) is -3.82. The number of rotatable bonds is 6. The van der Waals surface area contributed by atoms with Crippen LogP contribution < -0.4 is 5.32 Å². The summed E-state index contributed by atoms with van der Waals surface area (Å²) in [6.07, 6.45) is 4.35. The summed E-state index contributed by atoms with van der Waals surface area (Å²) in [6, 6.07) is 13.7. The van der Waals surface area contributed by atoms with Gasteiger partial charge in [-0.05, 0) is 69.4 Å². The molecule has 0 atom stereocenters. The number of hydrogen-bond donors (Lipinski definition) is 1. The molecule has 0 unspecified atom stereocenters. The highest BCUT2D eigenvalue weighted by Crippen LogP contribution is 2.30. The largest absolute Gasteiger partial charge is 0.355 e. The van der Waals surface area contributed by atoms with E-state index in [0.717, 1.165) is 27.9 Å². The Morgan fingerprint density at radius 1 is 1.03 bits per heavy atom. The lowest BCUT2D eigenvalue weighted by Crippen LogP contribution is -2.41. The first kappa shape index (κ1) is 24.9. The summed E-state index contributed by atoms with van der Waals surface area (Å²) >= 11 is 0. The molecule has 1 aliphatic rings. The van der Waals surface area contributed by atoms with Crippen LogP contribution in [0.1, 0.15) is 46.5 Å². The maximum Gasteiger partial charge on any atom is 0.248 e. The second-order valence-electron chi connectivity index (χ2n) is 9.12.